The number of nitrogens with zero attached hydrogens (tertiary/aromatic N) is 1. The molecule has 1 unspecified atom stereocenters. The number of nitrogen functional groups attached to an aromatic ring is 1. The molecule has 0 radical (unpaired) electrons. The van der Waals surface area contributed by atoms with Crippen molar-refractivity contribution in [2.24, 2.45) is 5.73 Å². The standard InChI is InChI=1S/C9H12N4O5S/c1-5(9(11)14)12-19(17,18)6-2-3-7(10)8(4-6)13(15)16/h2-5,12H,10H2,1H3,(H2,11,14). The van der Waals surface area contributed by atoms with Gasteiger partial charge in [0.15, 0.2) is 0 Å². The molecule has 104 valence electrons. The third-order valence-corrected chi connectivity index (χ3v) is 3.81. The van der Waals surface area contributed by atoms with Gasteiger partial charge >= 0.3 is 0 Å². The maximum atomic E-state index is 11.9. The van der Waals surface area contributed by atoms with Crippen molar-refractivity contribution >= 4 is 27.3 Å². The van der Waals surface area contributed by atoms with E-state index in [0.29, 0.717) is 0 Å². The van der Waals surface area contributed by atoms with Gasteiger partial charge in [0.25, 0.3) is 5.69 Å². The summed E-state index contributed by atoms with van der Waals surface area (Å²) in [6.45, 7) is 1.26. The molecule has 19 heavy (non-hydrogen) atoms. The van der Waals surface area contributed by atoms with Crippen LogP contribution in [0.1, 0.15) is 6.92 Å². The van der Waals surface area contributed by atoms with Gasteiger partial charge in [0.2, 0.25) is 15.9 Å². The number of benzene rings is 1. The second-order valence-corrected chi connectivity index (χ2v) is 5.44. The number of anilines is 1. The summed E-state index contributed by atoms with van der Waals surface area (Å²) in [5.74, 6) is -0.867. The minimum atomic E-state index is -4.09. The number of carbonyl (C=O) groups excluding carboxylic acids is 1. The number of nitrogens with one attached hydrogen (secondary N) is 1. The number of sulfonamides is 1. The van der Waals surface area contributed by atoms with Crippen LogP contribution in [0.2, 0.25) is 0 Å². The molecular weight excluding hydrogens is 276 g/mol. The maximum absolute atomic E-state index is 11.9. The molecule has 1 aromatic carbocycles. The van der Waals surface area contributed by atoms with Crippen molar-refractivity contribution in [1.29, 1.82) is 0 Å². The van der Waals surface area contributed by atoms with E-state index < -0.39 is 32.6 Å². The highest BCUT2D eigenvalue weighted by Gasteiger charge is 2.23. The van der Waals surface area contributed by atoms with Crippen molar-refractivity contribution in [3.63, 3.8) is 0 Å². The van der Waals surface area contributed by atoms with Gasteiger partial charge in [-0.1, -0.05) is 0 Å². The van der Waals surface area contributed by atoms with E-state index in [4.69, 9.17) is 11.5 Å². The Labute approximate surface area is 108 Å². The summed E-state index contributed by atoms with van der Waals surface area (Å²) < 4.78 is 25.7. The number of nitro groups is 1. The van der Waals surface area contributed by atoms with Crippen LogP contribution < -0.4 is 16.2 Å². The number of rotatable bonds is 5. The van der Waals surface area contributed by atoms with Gasteiger partial charge in [-0.25, -0.2) is 8.42 Å². The van der Waals surface area contributed by atoms with E-state index in [9.17, 15) is 23.3 Å². The van der Waals surface area contributed by atoms with E-state index in [1.54, 1.807) is 0 Å². The van der Waals surface area contributed by atoms with Crippen LogP contribution in [0.15, 0.2) is 23.1 Å². The van der Waals surface area contributed by atoms with Gasteiger partial charge in [-0.2, -0.15) is 4.72 Å². The largest absolute Gasteiger partial charge is 0.393 e. The summed E-state index contributed by atoms with van der Waals surface area (Å²) in [5, 5.41) is 10.7. The van der Waals surface area contributed by atoms with Gasteiger partial charge in [0, 0.05) is 6.07 Å². The zero-order valence-corrected chi connectivity index (χ0v) is 10.7. The van der Waals surface area contributed by atoms with Crippen LogP contribution in [0.3, 0.4) is 0 Å². The van der Waals surface area contributed by atoms with Crippen LogP contribution >= 0.6 is 0 Å². The highest BCUT2D eigenvalue weighted by molar-refractivity contribution is 7.89. The highest BCUT2D eigenvalue weighted by Crippen LogP contribution is 2.24. The lowest BCUT2D eigenvalue weighted by molar-refractivity contribution is -0.384. The fraction of sp³-hybridized carbons (Fsp3) is 0.222. The molecule has 1 atom stereocenters. The molecule has 1 amide bonds. The molecule has 0 aromatic heterocycles. The Bertz CT molecular complexity index is 627. The predicted molar refractivity (Wildman–Crippen MR) is 66.5 cm³/mol. The van der Waals surface area contributed by atoms with Crippen LogP contribution in [0.5, 0.6) is 0 Å². The molecule has 0 spiro atoms. The molecule has 1 aromatic rings. The van der Waals surface area contributed by atoms with E-state index in [1.807, 2.05) is 4.72 Å². The molecule has 0 aliphatic rings. The molecule has 5 N–H and O–H groups in total. The first-order valence-electron chi connectivity index (χ1n) is 5.00. The van der Waals surface area contributed by atoms with E-state index in [1.165, 1.54) is 6.92 Å². The molecule has 0 aliphatic carbocycles. The number of hydrogen-bond donors (Lipinski definition) is 3. The average Bonchev–Trinajstić information content (AvgIpc) is 2.27. The van der Waals surface area contributed by atoms with Crippen molar-refractivity contribution in [3.8, 4) is 0 Å². The fourth-order valence-corrected chi connectivity index (χ4v) is 2.44. The lowest BCUT2D eigenvalue weighted by atomic mass is 10.3. The quantitative estimate of drug-likeness (QED) is 0.370. The van der Waals surface area contributed by atoms with E-state index >= 15 is 0 Å². The van der Waals surface area contributed by atoms with Crippen LogP contribution in [0.25, 0.3) is 0 Å². The van der Waals surface area contributed by atoms with Crippen LogP contribution in [0, 0.1) is 10.1 Å². The summed E-state index contributed by atoms with van der Waals surface area (Å²) in [6, 6.07) is 1.87. The Kier molecular flexibility index (Phi) is 4.07. The van der Waals surface area contributed by atoms with Gasteiger partial charge in [-0.15, -0.1) is 0 Å². The molecule has 0 saturated heterocycles. The van der Waals surface area contributed by atoms with E-state index in [2.05, 4.69) is 0 Å². The molecule has 1 rings (SSSR count). The first-order valence-corrected chi connectivity index (χ1v) is 6.49. The number of carbonyl (C=O) groups is 1. The Morgan fingerprint density at radius 3 is 2.53 bits per heavy atom. The minimum absolute atomic E-state index is 0.160. The van der Waals surface area contributed by atoms with Crippen molar-refractivity contribution in [1.82, 2.24) is 4.72 Å². The molecule has 0 bridgehead atoms. The zero-order valence-electron chi connectivity index (χ0n) is 9.86. The van der Waals surface area contributed by atoms with Gasteiger partial charge in [-0.05, 0) is 19.1 Å². The second kappa shape index (κ2) is 5.20. The van der Waals surface area contributed by atoms with Gasteiger partial charge in [-0.3, -0.25) is 14.9 Å². The Balaban J connectivity index is 3.19. The third kappa shape index (κ3) is 3.39. The Hall–Kier alpha value is -2.20. The van der Waals surface area contributed by atoms with Gasteiger partial charge in [0.1, 0.15) is 5.69 Å². The fourth-order valence-electron chi connectivity index (χ4n) is 1.21. The van der Waals surface area contributed by atoms with Crippen molar-refractivity contribution < 1.29 is 18.1 Å². The van der Waals surface area contributed by atoms with Crippen molar-refractivity contribution in [2.45, 2.75) is 17.9 Å². The molecule has 0 heterocycles. The lowest BCUT2D eigenvalue weighted by Gasteiger charge is -2.11. The number of nitrogens with two attached hydrogens (primary N) is 2. The summed E-state index contributed by atoms with van der Waals surface area (Å²) in [4.78, 5) is 20.3. The van der Waals surface area contributed by atoms with Crippen molar-refractivity contribution in [3.05, 3.63) is 28.3 Å². The van der Waals surface area contributed by atoms with E-state index in [-0.39, 0.29) is 10.6 Å². The van der Waals surface area contributed by atoms with Gasteiger partial charge in [0.05, 0.1) is 15.9 Å². The summed E-state index contributed by atoms with van der Waals surface area (Å²) in [6.07, 6.45) is 0. The summed E-state index contributed by atoms with van der Waals surface area (Å²) >= 11 is 0. The topological polar surface area (TPSA) is 158 Å². The number of primary amides is 1. The smallest absolute Gasteiger partial charge is 0.293 e. The lowest BCUT2D eigenvalue weighted by Crippen LogP contribution is -2.42. The Morgan fingerprint density at radius 1 is 1.47 bits per heavy atom. The SMILES string of the molecule is CC(NS(=O)(=O)c1ccc(N)c([N+](=O)[O-])c1)C(N)=O. The number of hydrogen-bond acceptors (Lipinski definition) is 6. The molecular formula is C9H12N4O5S. The molecule has 0 fully saturated rings. The summed E-state index contributed by atoms with van der Waals surface area (Å²) in [7, 11) is -4.09. The monoisotopic (exact) mass is 288 g/mol. The zero-order chi connectivity index (χ0) is 14.8. The average molecular weight is 288 g/mol. The first kappa shape index (κ1) is 14.9. The number of amides is 1. The maximum Gasteiger partial charge on any atom is 0.293 e. The minimum Gasteiger partial charge on any atom is -0.393 e. The predicted octanol–water partition coefficient (Wildman–Crippen LogP) is -0.671. The first-order chi connectivity index (χ1) is 8.65. The highest BCUT2D eigenvalue weighted by atomic mass is 32.2. The second-order valence-electron chi connectivity index (χ2n) is 3.72. The normalized spacial score (nSPS) is 12.9. The molecule has 0 saturated carbocycles. The third-order valence-electron chi connectivity index (χ3n) is 2.27. The summed E-state index contributed by atoms with van der Waals surface area (Å²) in [5.41, 5.74) is 9.59. The van der Waals surface area contributed by atoms with Crippen LogP contribution in [-0.2, 0) is 14.8 Å². The van der Waals surface area contributed by atoms with Crippen LogP contribution in [0.4, 0.5) is 11.4 Å². The van der Waals surface area contributed by atoms with Crippen molar-refractivity contribution in [2.75, 3.05) is 5.73 Å². The Morgan fingerprint density at radius 2 is 2.05 bits per heavy atom. The number of nitro benzene ring substituents is 1. The molecule has 9 nitrogen and oxygen atoms in total. The van der Waals surface area contributed by atoms with E-state index in [0.717, 1.165) is 18.2 Å². The molecule has 10 heteroatoms. The van der Waals surface area contributed by atoms with Gasteiger partial charge < -0.3 is 11.5 Å². The van der Waals surface area contributed by atoms with Crippen LogP contribution in [-0.4, -0.2) is 25.3 Å². The molecule has 0 aliphatic heterocycles.